The Hall–Kier alpha value is -2.94. The van der Waals surface area contributed by atoms with Crippen molar-refractivity contribution in [3.63, 3.8) is 0 Å². The van der Waals surface area contributed by atoms with Gasteiger partial charge in [-0.15, -0.1) is 15.3 Å². The molecular formula is C17H16N6O2S. The summed E-state index contributed by atoms with van der Waals surface area (Å²) in [6, 6.07) is 9.88. The number of hydrogen-bond donors (Lipinski definition) is 0. The highest BCUT2D eigenvalue weighted by atomic mass is 32.2. The largest absolute Gasteiger partial charge is 0.466 e. The number of thioether (sulfide) groups is 1. The minimum atomic E-state index is 0.452. The average Bonchev–Trinajstić information content (AvgIpc) is 3.33. The van der Waals surface area contributed by atoms with Crippen molar-refractivity contribution in [2.24, 2.45) is 0 Å². The molecule has 0 unspecified atom stereocenters. The Morgan fingerprint density at radius 1 is 1.00 bits per heavy atom. The summed E-state index contributed by atoms with van der Waals surface area (Å²) in [6.45, 7) is 5.79. The van der Waals surface area contributed by atoms with Crippen LogP contribution in [0.15, 0.2) is 44.3 Å². The minimum absolute atomic E-state index is 0.452. The van der Waals surface area contributed by atoms with E-state index in [-0.39, 0.29) is 0 Å². The van der Waals surface area contributed by atoms with Crippen molar-refractivity contribution in [3.8, 4) is 17.1 Å². The second-order valence-electron chi connectivity index (χ2n) is 5.83. The standard InChI is InChI=1S/C17H16N6O2S/c1-10-4-6-13(7-5-10)23-17(20-21-22-23)26-9-15-18-19-16(25-15)14-8-11(2)24-12(14)3/h4-8H,9H2,1-3H3. The number of nitrogens with zero attached hydrogens (tertiary/aromatic N) is 6. The summed E-state index contributed by atoms with van der Waals surface area (Å²) >= 11 is 1.43. The van der Waals surface area contributed by atoms with E-state index in [9.17, 15) is 0 Å². The lowest BCUT2D eigenvalue weighted by molar-refractivity contribution is 0.499. The number of hydrogen-bond acceptors (Lipinski definition) is 8. The van der Waals surface area contributed by atoms with Crippen LogP contribution in [0, 0.1) is 20.8 Å². The summed E-state index contributed by atoms with van der Waals surface area (Å²) in [4.78, 5) is 0. The fraction of sp³-hybridized carbons (Fsp3) is 0.235. The van der Waals surface area contributed by atoms with Crippen LogP contribution in [-0.2, 0) is 5.75 Å². The van der Waals surface area contributed by atoms with E-state index in [1.807, 2.05) is 51.1 Å². The van der Waals surface area contributed by atoms with Crippen LogP contribution in [0.2, 0.25) is 0 Å². The molecule has 132 valence electrons. The van der Waals surface area contributed by atoms with Crippen LogP contribution in [-0.4, -0.2) is 30.4 Å². The molecule has 0 radical (unpaired) electrons. The zero-order valence-corrected chi connectivity index (χ0v) is 15.3. The van der Waals surface area contributed by atoms with Crippen molar-refractivity contribution in [3.05, 3.63) is 53.3 Å². The van der Waals surface area contributed by atoms with Crippen LogP contribution >= 0.6 is 11.8 Å². The zero-order chi connectivity index (χ0) is 18.1. The fourth-order valence-electron chi connectivity index (χ4n) is 2.51. The monoisotopic (exact) mass is 368 g/mol. The first kappa shape index (κ1) is 16.5. The second kappa shape index (κ2) is 6.75. The molecule has 8 nitrogen and oxygen atoms in total. The highest BCUT2D eigenvalue weighted by Crippen LogP contribution is 2.27. The molecule has 9 heteroatoms. The van der Waals surface area contributed by atoms with Gasteiger partial charge in [-0.25, -0.2) is 0 Å². The molecule has 0 fully saturated rings. The summed E-state index contributed by atoms with van der Waals surface area (Å²) in [5.41, 5.74) is 2.90. The first-order valence-corrected chi connectivity index (χ1v) is 8.97. The van der Waals surface area contributed by atoms with Gasteiger partial charge < -0.3 is 8.83 Å². The Bertz CT molecular complexity index is 1030. The lowest BCUT2D eigenvalue weighted by Gasteiger charge is -2.03. The van der Waals surface area contributed by atoms with E-state index in [1.54, 1.807) is 4.68 Å². The van der Waals surface area contributed by atoms with Gasteiger partial charge in [0.15, 0.2) is 0 Å². The molecule has 0 saturated carbocycles. The molecule has 0 bridgehead atoms. The summed E-state index contributed by atoms with van der Waals surface area (Å²) in [6.07, 6.45) is 0. The molecular weight excluding hydrogens is 352 g/mol. The van der Waals surface area contributed by atoms with E-state index < -0.39 is 0 Å². The first-order valence-electron chi connectivity index (χ1n) is 7.98. The van der Waals surface area contributed by atoms with Gasteiger partial charge in [-0.1, -0.05) is 29.5 Å². The number of tetrazole rings is 1. The third kappa shape index (κ3) is 3.25. The maximum absolute atomic E-state index is 5.74. The predicted molar refractivity (Wildman–Crippen MR) is 94.9 cm³/mol. The molecule has 26 heavy (non-hydrogen) atoms. The maximum atomic E-state index is 5.74. The number of furan rings is 1. The van der Waals surface area contributed by atoms with Gasteiger partial charge in [0.1, 0.15) is 11.5 Å². The molecule has 3 aromatic heterocycles. The van der Waals surface area contributed by atoms with Gasteiger partial charge >= 0.3 is 0 Å². The van der Waals surface area contributed by atoms with Gasteiger partial charge in [0.2, 0.25) is 11.0 Å². The van der Waals surface area contributed by atoms with Gasteiger partial charge in [-0.05, 0) is 49.4 Å². The number of rotatable bonds is 5. The topological polar surface area (TPSA) is 95.7 Å². The molecule has 0 aliphatic heterocycles. The summed E-state index contributed by atoms with van der Waals surface area (Å²) in [5, 5.41) is 20.7. The van der Waals surface area contributed by atoms with Crippen LogP contribution in [0.3, 0.4) is 0 Å². The highest BCUT2D eigenvalue weighted by molar-refractivity contribution is 7.98. The molecule has 0 aliphatic rings. The Balaban J connectivity index is 1.50. The molecule has 0 amide bonds. The lowest BCUT2D eigenvalue weighted by atomic mass is 10.2. The summed E-state index contributed by atoms with van der Waals surface area (Å²) in [5.74, 6) is 2.99. The fourth-order valence-corrected chi connectivity index (χ4v) is 3.23. The Morgan fingerprint density at radius 2 is 1.81 bits per heavy atom. The van der Waals surface area contributed by atoms with Crippen molar-refractivity contribution < 1.29 is 8.83 Å². The van der Waals surface area contributed by atoms with Crippen molar-refractivity contribution in [1.29, 1.82) is 0 Å². The van der Waals surface area contributed by atoms with Crippen LogP contribution in [0.1, 0.15) is 23.0 Å². The van der Waals surface area contributed by atoms with Gasteiger partial charge in [0, 0.05) is 0 Å². The van der Waals surface area contributed by atoms with E-state index >= 15 is 0 Å². The van der Waals surface area contributed by atoms with Crippen LogP contribution < -0.4 is 0 Å². The number of aryl methyl sites for hydroxylation is 3. The lowest BCUT2D eigenvalue weighted by Crippen LogP contribution is -1.99. The Kier molecular flexibility index (Phi) is 4.29. The molecule has 0 atom stereocenters. The molecule has 4 rings (SSSR count). The molecule has 0 aliphatic carbocycles. The van der Waals surface area contributed by atoms with Gasteiger partial charge in [-0.3, -0.25) is 0 Å². The molecule has 0 N–H and O–H groups in total. The minimum Gasteiger partial charge on any atom is -0.466 e. The van der Waals surface area contributed by atoms with Crippen LogP contribution in [0.4, 0.5) is 0 Å². The zero-order valence-electron chi connectivity index (χ0n) is 14.5. The number of aromatic nitrogens is 6. The third-order valence-electron chi connectivity index (χ3n) is 3.78. The van der Waals surface area contributed by atoms with Gasteiger partial charge in [0.05, 0.1) is 17.0 Å². The van der Waals surface area contributed by atoms with Crippen LogP contribution in [0.25, 0.3) is 17.1 Å². The Labute approximate surface area is 153 Å². The van der Waals surface area contributed by atoms with Crippen molar-refractivity contribution in [2.45, 2.75) is 31.7 Å². The molecule has 3 heterocycles. The van der Waals surface area contributed by atoms with E-state index in [0.29, 0.717) is 22.7 Å². The van der Waals surface area contributed by atoms with E-state index in [1.165, 1.54) is 17.3 Å². The first-order chi connectivity index (χ1) is 12.6. The SMILES string of the molecule is Cc1ccc(-n2nnnc2SCc2nnc(-c3cc(C)oc3C)o2)cc1. The average molecular weight is 368 g/mol. The summed E-state index contributed by atoms with van der Waals surface area (Å²) in [7, 11) is 0. The van der Waals surface area contributed by atoms with Gasteiger partial charge in [0.25, 0.3) is 5.89 Å². The quantitative estimate of drug-likeness (QED) is 0.494. The smallest absolute Gasteiger partial charge is 0.251 e. The Morgan fingerprint density at radius 3 is 2.54 bits per heavy atom. The van der Waals surface area contributed by atoms with Crippen molar-refractivity contribution in [2.75, 3.05) is 0 Å². The van der Waals surface area contributed by atoms with Crippen molar-refractivity contribution >= 4 is 11.8 Å². The molecule has 0 saturated heterocycles. The molecule has 1 aromatic carbocycles. The maximum Gasteiger partial charge on any atom is 0.251 e. The highest BCUT2D eigenvalue weighted by Gasteiger charge is 2.16. The molecule has 4 aromatic rings. The van der Waals surface area contributed by atoms with Gasteiger partial charge in [-0.2, -0.15) is 4.68 Å². The number of benzene rings is 1. The normalized spacial score (nSPS) is 11.2. The van der Waals surface area contributed by atoms with E-state index in [0.717, 1.165) is 22.8 Å². The molecule has 0 spiro atoms. The van der Waals surface area contributed by atoms with Crippen molar-refractivity contribution in [1.82, 2.24) is 30.4 Å². The summed E-state index contributed by atoms with van der Waals surface area (Å²) < 4.78 is 12.9. The second-order valence-corrected chi connectivity index (χ2v) is 6.77. The predicted octanol–water partition coefficient (Wildman–Crippen LogP) is 3.52. The third-order valence-corrected chi connectivity index (χ3v) is 4.69. The van der Waals surface area contributed by atoms with E-state index in [4.69, 9.17) is 8.83 Å². The van der Waals surface area contributed by atoms with Crippen LogP contribution in [0.5, 0.6) is 0 Å². The van der Waals surface area contributed by atoms with E-state index in [2.05, 4.69) is 25.7 Å².